The highest BCUT2D eigenvalue weighted by Gasteiger charge is 2.19. The maximum atomic E-state index is 12.8. The lowest BCUT2D eigenvalue weighted by atomic mass is 10.0. The van der Waals surface area contributed by atoms with Crippen LogP contribution in [-0.2, 0) is 28.6 Å². The second kappa shape index (κ2) is 55.2. The normalized spacial score (nSPS) is 12.2. The van der Waals surface area contributed by atoms with Crippen LogP contribution in [0.2, 0.25) is 0 Å². The number of ether oxygens (including phenoxy) is 3. The Morgan fingerprint density at radius 3 is 0.848 bits per heavy atom. The molecule has 0 N–H and O–H groups in total. The first-order valence-corrected chi connectivity index (χ1v) is 29.0. The van der Waals surface area contributed by atoms with Gasteiger partial charge in [-0.25, -0.2) is 0 Å². The molecule has 0 rings (SSSR count). The zero-order valence-electron chi connectivity index (χ0n) is 44.2. The lowest BCUT2D eigenvalue weighted by Gasteiger charge is -2.18. The van der Waals surface area contributed by atoms with E-state index in [9.17, 15) is 14.4 Å². The van der Waals surface area contributed by atoms with Crippen LogP contribution in [0.25, 0.3) is 0 Å². The van der Waals surface area contributed by atoms with Gasteiger partial charge in [0.05, 0.1) is 0 Å². The van der Waals surface area contributed by atoms with Crippen molar-refractivity contribution in [2.75, 3.05) is 13.2 Å². The van der Waals surface area contributed by atoms with Crippen molar-refractivity contribution in [3.05, 3.63) is 36.5 Å². The first-order valence-electron chi connectivity index (χ1n) is 29.0. The summed E-state index contributed by atoms with van der Waals surface area (Å²) in [6.07, 6.45) is 66.1. The molecule has 0 bridgehead atoms. The van der Waals surface area contributed by atoms with E-state index in [0.29, 0.717) is 19.3 Å². The third-order valence-corrected chi connectivity index (χ3v) is 12.9. The summed E-state index contributed by atoms with van der Waals surface area (Å²) in [6.45, 7) is 6.58. The minimum absolute atomic E-state index is 0.0694. The lowest BCUT2D eigenvalue weighted by molar-refractivity contribution is -0.167. The minimum Gasteiger partial charge on any atom is -0.462 e. The summed E-state index contributed by atoms with van der Waals surface area (Å²) in [7, 11) is 0. The molecule has 1 atom stereocenters. The van der Waals surface area contributed by atoms with E-state index in [1.165, 1.54) is 193 Å². The Balaban J connectivity index is 4.02. The van der Waals surface area contributed by atoms with Gasteiger partial charge in [0.15, 0.2) is 6.10 Å². The number of esters is 3. The molecule has 0 aliphatic heterocycles. The van der Waals surface area contributed by atoms with Crippen molar-refractivity contribution in [3.8, 4) is 0 Å². The Bertz CT molecular complexity index is 1110. The van der Waals surface area contributed by atoms with E-state index in [4.69, 9.17) is 14.2 Å². The monoisotopic (exact) mass is 927 g/mol. The molecule has 66 heavy (non-hydrogen) atoms. The second-order valence-electron chi connectivity index (χ2n) is 19.6. The number of carbonyl (C=O) groups excluding carboxylic acids is 3. The van der Waals surface area contributed by atoms with Crippen LogP contribution in [0, 0.1) is 0 Å². The summed E-state index contributed by atoms with van der Waals surface area (Å²) in [5.41, 5.74) is 0. The van der Waals surface area contributed by atoms with Gasteiger partial charge in [-0.2, -0.15) is 0 Å². The predicted molar refractivity (Wildman–Crippen MR) is 284 cm³/mol. The number of carbonyl (C=O) groups is 3. The van der Waals surface area contributed by atoms with Crippen LogP contribution in [0.1, 0.15) is 310 Å². The molecule has 0 radical (unpaired) electrons. The summed E-state index contributed by atoms with van der Waals surface area (Å²) < 4.78 is 16.7. The molecule has 0 aromatic carbocycles. The van der Waals surface area contributed by atoms with Gasteiger partial charge in [0.1, 0.15) is 13.2 Å². The number of allylic oxidation sites excluding steroid dienone is 6. The fourth-order valence-electron chi connectivity index (χ4n) is 8.51. The van der Waals surface area contributed by atoms with Gasteiger partial charge in [0, 0.05) is 19.3 Å². The molecule has 6 nitrogen and oxygen atoms in total. The van der Waals surface area contributed by atoms with E-state index in [0.717, 1.165) is 77.0 Å². The average Bonchev–Trinajstić information content (AvgIpc) is 3.31. The molecule has 0 aromatic rings. The quantitative estimate of drug-likeness (QED) is 0.0262. The number of hydrogen-bond donors (Lipinski definition) is 0. The topological polar surface area (TPSA) is 78.9 Å². The summed E-state index contributed by atoms with van der Waals surface area (Å²) in [6, 6.07) is 0. The number of unbranched alkanes of at least 4 members (excludes halogenated alkanes) is 36. The van der Waals surface area contributed by atoms with Gasteiger partial charge in [-0.1, -0.05) is 269 Å². The number of hydrogen-bond acceptors (Lipinski definition) is 6. The summed E-state index contributed by atoms with van der Waals surface area (Å²) in [5.74, 6) is -0.869. The SMILES string of the molecule is CCCCCCC/C=C\C/C=C\C/C=C\CCCCCCCCCCCCCCC(=O)OCC(COC(=O)CCCCCCC)OC(=O)CCCCCCCCCCCCCCCCCC. The summed E-state index contributed by atoms with van der Waals surface area (Å²) in [4.78, 5) is 37.8. The zero-order chi connectivity index (χ0) is 47.9. The van der Waals surface area contributed by atoms with Crippen molar-refractivity contribution in [2.24, 2.45) is 0 Å². The van der Waals surface area contributed by atoms with Gasteiger partial charge in [-0.15, -0.1) is 0 Å². The van der Waals surface area contributed by atoms with Crippen molar-refractivity contribution in [2.45, 2.75) is 316 Å². The Morgan fingerprint density at radius 1 is 0.303 bits per heavy atom. The molecule has 0 aromatic heterocycles. The van der Waals surface area contributed by atoms with E-state index in [1.54, 1.807) is 0 Å². The zero-order valence-corrected chi connectivity index (χ0v) is 44.2. The van der Waals surface area contributed by atoms with Gasteiger partial charge >= 0.3 is 17.9 Å². The molecule has 0 fully saturated rings. The van der Waals surface area contributed by atoms with Crippen LogP contribution in [0.5, 0.6) is 0 Å². The van der Waals surface area contributed by atoms with Crippen molar-refractivity contribution < 1.29 is 28.6 Å². The first-order chi connectivity index (χ1) is 32.5. The van der Waals surface area contributed by atoms with Crippen LogP contribution in [0.4, 0.5) is 0 Å². The van der Waals surface area contributed by atoms with E-state index >= 15 is 0 Å². The van der Waals surface area contributed by atoms with Gasteiger partial charge in [-0.05, 0) is 57.8 Å². The summed E-state index contributed by atoms with van der Waals surface area (Å²) >= 11 is 0. The largest absolute Gasteiger partial charge is 0.462 e. The van der Waals surface area contributed by atoms with Crippen LogP contribution >= 0.6 is 0 Å². The molecule has 0 heterocycles. The van der Waals surface area contributed by atoms with Crippen LogP contribution in [0.3, 0.4) is 0 Å². The van der Waals surface area contributed by atoms with Crippen molar-refractivity contribution in [3.63, 3.8) is 0 Å². The highest BCUT2D eigenvalue weighted by atomic mass is 16.6. The Hall–Kier alpha value is -2.37. The Kier molecular flexibility index (Phi) is 53.2. The molecule has 0 saturated heterocycles. The average molecular weight is 928 g/mol. The fourth-order valence-corrected chi connectivity index (χ4v) is 8.51. The highest BCUT2D eigenvalue weighted by molar-refractivity contribution is 5.71. The van der Waals surface area contributed by atoms with Crippen LogP contribution in [-0.4, -0.2) is 37.2 Å². The molecule has 1 unspecified atom stereocenters. The molecular weight excluding hydrogens is 817 g/mol. The van der Waals surface area contributed by atoms with Gasteiger partial charge in [0.2, 0.25) is 0 Å². The summed E-state index contributed by atoms with van der Waals surface area (Å²) in [5, 5.41) is 0. The Labute approximate surface area is 410 Å². The van der Waals surface area contributed by atoms with Crippen molar-refractivity contribution in [1.82, 2.24) is 0 Å². The predicted octanol–water partition coefficient (Wildman–Crippen LogP) is 19.3. The molecule has 0 spiro atoms. The molecule has 0 aliphatic rings. The molecule has 0 aliphatic carbocycles. The maximum absolute atomic E-state index is 12.8. The van der Waals surface area contributed by atoms with Crippen molar-refractivity contribution in [1.29, 1.82) is 0 Å². The van der Waals surface area contributed by atoms with Gasteiger partial charge < -0.3 is 14.2 Å². The molecule has 0 saturated carbocycles. The molecule has 6 heteroatoms. The van der Waals surface area contributed by atoms with Gasteiger partial charge in [-0.3, -0.25) is 14.4 Å². The highest BCUT2D eigenvalue weighted by Crippen LogP contribution is 2.17. The third-order valence-electron chi connectivity index (χ3n) is 12.9. The van der Waals surface area contributed by atoms with E-state index in [-0.39, 0.29) is 31.1 Å². The minimum atomic E-state index is -0.765. The second-order valence-corrected chi connectivity index (χ2v) is 19.6. The number of rotatable bonds is 53. The fraction of sp³-hybridized carbons (Fsp3) is 0.850. The standard InChI is InChI=1S/C60H110O6/c1-4-7-10-13-15-17-19-21-23-25-26-27-28-29-30-31-32-33-34-35-37-38-40-42-44-47-50-53-59(62)65-56-57(55-64-58(61)52-49-46-12-9-6-3)66-60(63)54-51-48-45-43-41-39-36-24-22-20-18-16-14-11-8-5-2/h19,21,25-26,28-29,57H,4-18,20,22-24,27,30-56H2,1-3H3/b21-19-,26-25-,29-28-. The third kappa shape index (κ3) is 52.6. The molecule has 386 valence electrons. The van der Waals surface area contributed by atoms with E-state index in [2.05, 4.69) is 57.2 Å². The maximum Gasteiger partial charge on any atom is 0.306 e. The molecule has 0 amide bonds. The van der Waals surface area contributed by atoms with Gasteiger partial charge in [0.25, 0.3) is 0 Å². The van der Waals surface area contributed by atoms with E-state index in [1.807, 2.05) is 0 Å². The first kappa shape index (κ1) is 63.6. The van der Waals surface area contributed by atoms with Crippen LogP contribution < -0.4 is 0 Å². The Morgan fingerprint density at radius 2 is 0.545 bits per heavy atom. The molecular formula is C60H110O6. The van der Waals surface area contributed by atoms with Crippen molar-refractivity contribution >= 4 is 17.9 Å². The van der Waals surface area contributed by atoms with Crippen LogP contribution in [0.15, 0.2) is 36.5 Å². The van der Waals surface area contributed by atoms with E-state index < -0.39 is 6.10 Å². The smallest absolute Gasteiger partial charge is 0.306 e. The lowest BCUT2D eigenvalue weighted by Crippen LogP contribution is -2.30.